The Hall–Kier alpha value is -2.66. The maximum atomic E-state index is 12.7. The Kier molecular flexibility index (Phi) is 7.95. The first-order valence-corrected chi connectivity index (χ1v) is 12.9. The lowest BCUT2D eigenvalue weighted by molar-refractivity contribution is -0.138. The Balaban J connectivity index is 1.33. The number of nitrogens with one attached hydrogen (secondary N) is 2. The van der Waals surface area contributed by atoms with E-state index in [4.69, 9.17) is 9.84 Å². The molecule has 4 rings (SSSR count). The maximum absolute atomic E-state index is 12.7. The molecule has 10 nitrogen and oxygen atoms in total. The van der Waals surface area contributed by atoms with E-state index in [1.54, 1.807) is 23.6 Å². The fourth-order valence-corrected chi connectivity index (χ4v) is 4.58. The third-order valence-corrected chi connectivity index (χ3v) is 7.04. The summed E-state index contributed by atoms with van der Waals surface area (Å²) in [6, 6.07) is 0.423. The Bertz CT molecular complexity index is 1060. The molecule has 35 heavy (non-hydrogen) atoms. The molecule has 1 fully saturated rings. The first-order chi connectivity index (χ1) is 16.7. The minimum atomic E-state index is -0.535. The number of aryl methyl sites for hydroxylation is 1. The van der Waals surface area contributed by atoms with E-state index in [0.717, 1.165) is 48.2 Å². The van der Waals surface area contributed by atoms with Crippen molar-refractivity contribution in [3.05, 3.63) is 35.0 Å². The Morgan fingerprint density at radius 2 is 2.06 bits per heavy atom. The molecular weight excluding hydrogens is 512 g/mol. The molecule has 0 aliphatic carbocycles. The molecule has 1 amide bonds. The fourth-order valence-electron chi connectivity index (χ4n) is 4.25. The van der Waals surface area contributed by atoms with Crippen LogP contribution in [0.4, 0.5) is 17.5 Å². The van der Waals surface area contributed by atoms with E-state index < -0.39 is 5.41 Å². The molecular formula is C24H35BrN8O2. The van der Waals surface area contributed by atoms with Crippen molar-refractivity contribution in [3.8, 4) is 0 Å². The molecule has 0 atom stereocenters. The summed E-state index contributed by atoms with van der Waals surface area (Å²) in [7, 11) is 2.16. The van der Waals surface area contributed by atoms with Gasteiger partial charge >= 0.3 is 0 Å². The van der Waals surface area contributed by atoms with Crippen LogP contribution >= 0.6 is 15.9 Å². The SMILES string of the molecule is Cc1nn(C2CCN(C)CC2)cc1Nc1ncc(Br)c(NCCCN2C=COCC(C)(C)C2=O)n1. The molecule has 0 spiro atoms. The molecule has 0 bridgehead atoms. The predicted molar refractivity (Wildman–Crippen MR) is 139 cm³/mol. The molecule has 0 radical (unpaired) electrons. The number of hydrogen-bond acceptors (Lipinski definition) is 8. The summed E-state index contributed by atoms with van der Waals surface area (Å²) < 4.78 is 8.27. The zero-order chi connectivity index (χ0) is 25.0. The fraction of sp³-hybridized carbons (Fsp3) is 0.583. The number of anilines is 3. The van der Waals surface area contributed by atoms with Crippen LogP contribution in [0.2, 0.25) is 0 Å². The molecule has 0 saturated carbocycles. The van der Waals surface area contributed by atoms with Gasteiger partial charge in [-0.15, -0.1) is 0 Å². The van der Waals surface area contributed by atoms with Gasteiger partial charge in [0.25, 0.3) is 0 Å². The van der Waals surface area contributed by atoms with Gasteiger partial charge in [0.15, 0.2) is 0 Å². The summed E-state index contributed by atoms with van der Waals surface area (Å²) >= 11 is 3.53. The largest absolute Gasteiger partial charge is 0.499 e. The third kappa shape index (κ3) is 6.32. The van der Waals surface area contributed by atoms with Crippen LogP contribution in [0, 0.1) is 12.3 Å². The summed E-state index contributed by atoms with van der Waals surface area (Å²) in [6.45, 7) is 9.61. The molecule has 190 valence electrons. The molecule has 2 N–H and O–H groups in total. The molecule has 2 aromatic rings. The number of halogens is 1. The highest BCUT2D eigenvalue weighted by Gasteiger charge is 2.33. The first-order valence-electron chi connectivity index (χ1n) is 12.1. The molecule has 0 aromatic carbocycles. The molecule has 2 aliphatic heterocycles. The van der Waals surface area contributed by atoms with Crippen LogP contribution < -0.4 is 10.6 Å². The highest BCUT2D eigenvalue weighted by Crippen LogP contribution is 2.27. The molecule has 0 unspecified atom stereocenters. The lowest BCUT2D eigenvalue weighted by Gasteiger charge is -2.28. The van der Waals surface area contributed by atoms with Crippen molar-refractivity contribution in [3.63, 3.8) is 0 Å². The second-order valence-electron chi connectivity index (χ2n) is 9.92. The van der Waals surface area contributed by atoms with E-state index in [9.17, 15) is 4.79 Å². The van der Waals surface area contributed by atoms with Crippen molar-refractivity contribution >= 4 is 39.3 Å². The van der Waals surface area contributed by atoms with Gasteiger partial charge in [0.05, 0.1) is 33.6 Å². The number of carbonyl (C=O) groups is 1. The van der Waals surface area contributed by atoms with Gasteiger partial charge in [-0.3, -0.25) is 9.48 Å². The monoisotopic (exact) mass is 546 g/mol. The van der Waals surface area contributed by atoms with Gasteiger partial charge < -0.3 is 25.2 Å². The van der Waals surface area contributed by atoms with Crippen molar-refractivity contribution in [1.29, 1.82) is 0 Å². The van der Waals surface area contributed by atoms with Crippen molar-refractivity contribution in [2.24, 2.45) is 5.41 Å². The van der Waals surface area contributed by atoms with Crippen LogP contribution in [0.15, 0.2) is 29.3 Å². The van der Waals surface area contributed by atoms with E-state index in [1.807, 2.05) is 20.8 Å². The van der Waals surface area contributed by atoms with Gasteiger partial charge in [-0.05, 0) is 76.1 Å². The lowest BCUT2D eigenvalue weighted by atomic mass is 9.93. The number of hydrogen-bond donors (Lipinski definition) is 2. The second-order valence-corrected chi connectivity index (χ2v) is 10.8. The Morgan fingerprint density at radius 1 is 1.29 bits per heavy atom. The van der Waals surface area contributed by atoms with Crippen molar-refractivity contribution in [1.82, 2.24) is 29.5 Å². The van der Waals surface area contributed by atoms with E-state index >= 15 is 0 Å². The number of carbonyl (C=O) groups excluding carboxylic acids is 1. The number of aromatic nitrogens is 4. The Morgan fingerprint density at radius 3 is 2.83 bits per heavy atom. The van der Waals surface area contributed by atoms with Crippen LogP contribution in [-0.2, 0) is 9.53 Å². The minimum Gasteiger partial charge on any atom is -0.499 e. The van der Waals surface area contributed by atoms with Crippen LogP contribution in [0.3, 0.4) is 0 Å². The van der Waals surface area contributed by atoms with Crippen molar-refractivity contribution < 1.29 is 9.53 Å². The van der Waals surface area contributed by atoms with Crippen LogP contribution in [0.1, 0.15) is 44.8 Å². The van der Waals surface area contributed by atoms with E-state index in [2.05, 4.69) is 59.4 Å². The molecule has 4 heterocycles. The minimum absolute atomic E-state index is 0.0668. The van der Waals surface area contributed by atoms with Gasteiger partial charge in [-0.1, -0.05) is 0 Å². The van der Waals surface area contributed by atoms with Crippen molar-refractivity contribution in [2.45, 2.75) is 46.1 Å². The van der Waals surface area contributed by atoms with Crippen LogP contribution in [0.5, 0.6) is 0 Å². The maximum Gasteiger partial charge on any atom is 0.235 e. The summed E-state index contributed by atoms with van der Waals surface area (Å²) in [5.74, 6) is 1.27. The quantitative estimate of drug-likeness (QED) is 0.480. The Labute approximate surface area is 215 Å². The normalized spacial score (nSPS) is 18.9. The average Bonchev–Trinajstić information content (AvgIpc) is 3.13. The summed E-state index contributed by atoms with van der Waals surface area (Å²) in [4.78, 5) is 25.8. The van der Waals surface area contributed by atoms with E-state index in [1.165, 1.54) is 0 Å². The molecule has 1 saturated heterocycles. The standard InChI is InChI=1S/C24H35BrN8O2/c1-17-20(15-33(30-17)18-6-10-31(4)11-7-18)28-23-27-14-19(25)21(29-23)26-8-5-9-32-12-13-35-16-24(2,3)22(32)34/h12-15,18H,5-11,16H2,1-4H3,(H2,26,27,28,29). The first kappa shape index (κ1) is 25.4. The van der Waals surface area contributed by atoms with E-state index in [-0.39, 0.29) is 5.91 Å². The smallest absolute Gasteiger partial charge is 0.235 e. The van der Waals surface area contributed by atoms with Gasteiger partial charge in [0.1, 0.15) is 12.4 Å². The summed E-state index contributed by atoms with van der Waals surface area (Å²) in [6.07, 6.45) is 10.1. The van der Waals surface area contributed by atoms with Crippen molar-refractivity contribution in [2.75, 3.05) is 50.5 Å². The summed E-state index contributed by atoms with van der Waals surface area (Å²) in [5.41, 5.74) is 1.30. The summed E-state index contributed by atoms with van der Waals surface area (Å²) in [5, 5.41) is 11.4. The van der Waals surface area contributed by atoms with Crippen LogP contribution in [0.25, 0.3) is 0 Å². The van der Waals surface area contributed by atoms with E-state index in [0.29, 0.717) is 37.5 Å². The zero-order valence-electron chi connectivity index (χ0n) is 20.9. The molecule has 2 aliphatic rings. The van der Waals surface area contributed by atoms with Gasteiger partial charge in [0, 0.05) is 31.7 Å². The molecule has 11 heteroatoms. The number of likely N-dealkylation sites (tertiary alicyclic amines) is 1. The molecule has 2 aromatic heterocycles. The number of nitrogens with zero attached hydrogens (tertiary/aromatic N) is 6. The highest BCUT2D eigenvalue weighted by atomic mass is 79.9. The zero-order valence-corrected chi connectivity index (χ0v) is 22.5. The van der Waals surface area contributed by atoms with Crippen LogP contribution in [-0.4, -0.2) is 75.3 Å². The lowest BCUT2D eigenvalue weighted by Crippen LogP contribution is -2.39. The number of rotatable bonds is 8. The van der Waals surface area contributed by atoms with Gasteiger partial charge in [-0.2, -0.15) is 10.1 Å². The third-order valence-electron chi connectivity index (χ3n) is 6.46. The van der Waals surface area contributed by atoms with Gasteiger partial charge in [0.2, 0.25) is 11.9 Å². The predicted octanol–water partition coefficient (Wildman–Crippen LogP) is 3.91. The highest BCUT2D eigenvalue weighted by molar-refractivity contribution is 9.10. The number of ether oxygens (including phenoxy) is 1. The number of piperidine rings is 1. The topological polar surface area (TPSA) is 100 Å². The van der Waals surface area contributed by atoms with Gasteiger partial charge in [-0.25, -0.2) is 4.98 Å². The average molecular weight is 548 g/mol. The second kappa shape index (κ2) is 10.9. The number of amides is 1.